The van der Waals surface area contributed by atoms with Crippen LogP contribution in [0.25, 0.3) is 0 Å². The van der Waals surface area contributed by atoms with E-state index >= 15 is 0 Å². The van der Waals surface area contributed by atoms with E-state index in [1.807, 2.05) is 37.3 Å². The summed E-state index contributed by atoms with van der Waals surface area (Å²) in [5.41, 5.74) is 6.75. The van der Waals surface area contributed by atoms with Gasteiger partial charge in [0.25, 0.3) is 0 Å². The first kappa shape index (κ1) is 13.1. The van der Waals surface area contributed by atoms with Gasteiger partial charge in [-0.25, -0.2) is 0 Å². The lowest BCUT2D eigenvalue weighted by Gasteiger charge is -2.17. The van der Waals surface area contributed by atoms with Crippen molar-refractivity contribution in [2.75, 3.05) is 13.2 Å². The molecule has 0 aliphatic carbocycles. The third kappa shape index (κ3) is 3.09. The van der Waals surface area contributed by atoms with E-state index in [0.717, 1.165) is 18.6 Å². The van der Waals surface area contributed by atoms with Crippen molar-refractivity contribution < 1.29 is 9.53 Å². The molecule has 1 saturated heterocycles. The Morgan fingerprint density at radius 3 is 2.83 bits per heavy atom. The molecule has 1 fully saturated rings. The van der Waals surface area contributed by atoms with Gasteiger partial charge in [0.05, 0.1) is 6.10 Å². The lowest BCUT2D eigenvalue weighted by atomic mass is 10.0. The number of amides is 1. The van der Waals surface area contributed by atoms with Gasteiger partial charge in [0, 0.05) is 19.1 Å². The van der Waals surface area contributed by atoms with Crippen molar-refractivity contribution >= 4 is 5.91 Å². The topological polar surface area (TPSA) is 64.3 Å². The van der Waals surface area contributed by atoms with Crippen LogP contribution >= 0.6 is 0 Å². The van der Waals surface area contributed by atoms with Crippen molar-refractivity contribution in [1.29, 1.82) is 0 Å². The van der Waals surface area contributed by atoms with Crippen LogP contribution in [0, 0.1) is 5.92 Å². The quantitative estimate of drug-likeness (QED) is 0.842. The van der Waals surface area contributed by atoms with Gasteiger partial charge in [0.15, 0.2) is 0 Å². The highest BCUT2D eigenvalue weighted by molar-refractivity contribution is 5.82. The Labute approximate surface area is 108 Å². The molecule has 18 heavy (non-hydrogen) atoms. The summed E-state index contributed by atoms with van der Waals surface area (Å²) < 4.78 is 5.46. The zero-order valence-electron chi connectivity index (χ0n) is 10.6. The maximum absolute atomic E-state index is 11.9. The normalized spacial score (nSPS) is 24.8. The van der Waals surface area contributed by atoms with E-state index in [-0.39, 0.29) is 12.0 Å². The van der Waals surface area contributed by atoms with Gasteiger partial charge in [-0.1, -0.05) is 30.3 Å². The molecule has 1 amide bonds. The van der Waals surface area contributed by atoms with Crippen molar-refractivity contribution in [3.63, 3.8) is 0 Å². The predicted octanol–water partition coefficient (Wildman–Crippen LogP) is 1.23. The smallest absolute Gasteiger partial charge is 0.241 e. The number of nitrogens with one attached hydrogen (secondary N) is 1. The van der Waals surface area contributed by atoms with Crippen LogP contribution in [0.2, 0.25) is 0 Å². The Kier molecular flexibility index (Phi) is 4.33. The Morgan fingerprint density at radius 2 is 2.22 bits per heavy atom. The number of ether oxygens (including phenoxy) is 1. The summed E-state index contributed by atoms with van der Waals surface area (Å²) in [4.78, 5) is 11.9. The minimum absolute atomic E-state index is 0.125. The van der Waals surface area contributed by atoms with Crippen LogP contribution in [0.1, 0.15) is 24.9 Å². The van der Waals surface area contributed by atoms with Gasteiger partial charge in [0.2, 0.25) is 5.91 Å². The van der Waals surface area contributed by atoms with Gasteiger partial charge in [-0.05, 0) is 18.9 Å². The molecule has 0 radical (unpaired) electrons. The number of rotatable bonds is 4. The molecular formula is C14H20N2O2. The molecule has 4 heteroatoms. The minimum atomic E-state index is -0.594. The molecule has 1 aromatic rings. The number of hydrogen-bond acceptors (Lipinski definition) is 3. The molecule has 1 heterocycles. The Hall–Kier alpha value is -1.39. The minimum Gasteiger partial charge on any atom is -0.378 e. The fraction of sp³-hybridized carbons (Fsp3) is 0.500. The highest BCUT2D eigenvalue weighted by atomic mass is 16.5. The molecule has 0 aromatic heterocycles. The molecule has 0 spiro atoms. The van der Waals surface area contributed by atoms with E-state index in [2.05, 4.69) is 5.32 Å². The summed E-state index contributed by atoms with van der Waals surface area (Å²) in [5.74, 6) is 0.275. The van der Waals surface area contributed by atoms with Gasteiger partial charge in [-0.3, -0.25) is 4.79 Å². The van der Waals surface area contributed by atoms with Gasteiger partial charge < -0.3 is 15.8 Å². The molecular weight excluding hydrogens is 228 g/mol. The summed E-state index contributed by atoms with van der Waals surface area (Å²) in [7, 11) is 0. The Balaban J connectivity index is 1.84. The first-order chi connectivity index (χ1) is 8.68. The molecule has 1 aliphatic rings. The van der Waals surface area contributed by atoms with Crippen LogP contribution in [0.15, 0.2) is 30.3 Å². The summed E-state index contributed by atoms with van der Waals surface area (Å²) in [6.07, 6.45) is 1.22. The van der Waals surface area contributed by atoms with Crippen LogP contribution in [-0.2, 0) is 9.53 Å². The molecule has 0 saturated carbocycles. The molecule has 3 N–H and O–H groups in total. The summed E-state index contributed by atoms with van der Waals surface area (Å²) in [6, 6.07) is 8.82. The van der Waals surface area contributed by atoms with E-state index in [9.17, 15) is 4.79 Å². The summed E-state index contributed by atoms with van der Waals surface area (Å²) in [6.45, 7) is 3.47. The van der Waals surface area contributed by atoms with Crippen molar-refractivity contribution in [1.82, 2.24) is 5.32 Å². The van der Waals surface area contributed by atoms with Crippen LogP contribution in [0.4, 0.5) is 0 Å². The molecule has 2 rings (SSSR count). The number of carbonyl (C=O) groups is 1. The average Bonchev–Trinajstić information content (AvgIpc) is 2.81. The largest absolute Gasteiger partial charge is 0.378 e. The lowest BCUT2D eigenvalue weighted by molar-refractivity contribution is -0.122. The average molecular weight is 248 g/mol. The first-order valence-electron chi connectivity index (χ1n) is 6.38. The summed E-state index contributed by atoms with van der Waals surface area (Å²) in [5, 5.41) is 2.91. The molecule has 98 valence electrons. The maximum Gasteiger partial charge on any atom is 0.241 e. The van der Waals surface area contributed by atoms with Gasteiger partial charge in [-0.2, -0.15) is 0 Å². The summed E-state index contributed by atoms with van der Waals surface area (Å²) >= 11 is 0. The fourth-order valence-corrected chi connectivity index (χ4v) is 2.20. The van der Waals surface area contributed by atoms with Gasteiger partial charge >= 0.3 is 0 Å². The van der Waals surface area contributed by atoms with E-state index in [4.69, 9.17) is 10.5 Å². The zero-order valence-corrected chi connectivity index (χ0v) is 10.6. The second kappa shape index (κ2) is 5.98. The van der Waals surface area contributed by atoms with Crippen molar-refractivity contribution in [2.24, 2.45) is 11.7 Å². The number of benzene rings is 1. The van der Waals surface area contributed by atoms with Crippen LogP contribution in [0.3, 0.4) is 0 Å². The predicted molar refractivity (Wildman–Crippen MR) is 69.9 cm³/mol. The number of hydrogen-bond donors (Lipinski definition) is 2. The third-order valence-electron chi connectivity index (χ3n) is 3.51. The number of nitrogens with two attached hydrogens (primary N) is 1. The SMILES string of the molecule is CC1OCCC1CNC(=O)[C@@H](N)c1ccccc1. The first-order valence-corrected chi connectivity index (χ1v) is 6.38. The monoisotopic (exact) mass is 248 g/mol. The lowest BCUT2D eigenvalue weighted by Crippen LogP contribution is -2.38. The van der Waals surface area contributed by atoms with Crippen LogP contribution < -0.4 is 11.1 Å². The molecule has 1 aliphatic heterocycles. The van der Waals surface area contributed by atoms with E-state index in [0.29, 0.717) is 12.5 Å². The molecule has 2 unspecified atom stereocenters. The maximum atomic E-state index is 11.9. The van der Waals surface area contributed by atoms with E-state index < -0.39 is 6.04 Å². The molecule has 1 aromatic carbocycles. The van der Waals surface area contributed by atoms with Gasteiger partial charge in [-0.15, -0.1) is 0 Å². The van der Waals surface area contributed by atoms with Gasteiger partial charge in [0.1, 0.15) is 6.04 Å². The second-order valence-electron chi connectivity index (χ2n) is 4.76. The highest BCUT2D eigenvalue weighted by Crippen LogP contribution is 2.19. The Bertz CT molecular complexity index is 394. The van der Waals surface area contributed by atoms with E-state index in [1.54, 1.807) is 0 Å². The molecule has 3 atom stereocenters. The number of carbonyl (C=O) groups excluding carboxylic acids is 1. The van der Waals surface area contributed by atoms with Crippen molar-refractivity contribution in [2.45, 2.75) is 25.5 Å². The highest BCUT2D eigenvalue weighted by Gasteiger charge is 2.25. The molecule has 0 bridgehead atoms. The van der Waals surface area contributed by atoms with Crippen molar-refractivity contribution in [3.8, 4) is 0 Å². The van der Waals surface area contributed by atoms with Crippen LogP contribution in [-0.4, -0.2) is 25.2 Å². The van der Waals surface area contributed by atoms with Crippen molar-refractivity contribution in [3.05, 3.63) is 35.9 Å². The Morgan fingerprint density at radius 1 is 1.50 bits per heavy atom. The zero-order chi connectivity index (χ0) is 13.0. The van der Waals surface area contributed by atoms with E-state index in [1.165, 1.54) is 0 Å². The third-order valence-corrected chi connectivity index (χ3v) is 3.51. The second-order valence-corrected chi connectivity index (χ2v) is 4.76. The fourth-order valence-electron chi connectivity index (χ4n) is 2.20. The standard InChI is InChI=1S/C14H20N2O2/c1-10-12(7-8-18-10)9-16-14(17)13(15)11-5-3-2-4-6-11/h2-6,10,12-13H,7-9,15H2,1H3,(H,16,17)/t10?,12?,13-/m0/s1. The van der Waals surface area contributed by atoms with Crippen LogP contribution in [0.5, 0.6) is 0 Å². The molecule has 4 nitrogen and oxygen atoms in total.